The van der Waals surface area contributed by atoms with Crippen molar-refractivity contribution in [3.63, 3.8) is 0 Å². The average Bonchev–Trinajstić information content (AvgIpc) is 2.77. The molecule has 2 aliphatic rings. The minimum atomic E-state index is -0.547. The quantitative estimate of drug-likeness (QED) is 0.672. The van der Waals surface area contributed by atoms with Crippen LogP contribution in [0.2, 0.25) is 0 Å². The molecule has 0 aliphatic carbocycles. The molecule has 1 aromatic carbocycles. The zero-order chi connectivity index (χ0) is 13.4. The van der Waals surface area contributed by atoms with E-state index < -0.39 is 10.7 Å². The lowest BCUT2D eigenvalue weighted by Crippen LogP contribution is -2.39. The molecule has 2 heterocycles. The number of nitro groups is 1. The first-order valence-corrected chi connectivity index (χ1v) is 6.57. The Morgan fingerprint density at radius 3 is 2.95 bits per heavy atom. The molecule has 1 N–H and O–H groups in total. The molecule has 0 aromatic heterocycles. The van der Waals surface area contributed by atoms with Gasteiger partial charge >= 0.3 is 0 Å². The summed E-state index contributed by atoms with van der Waals surface area (Å²) >= 11 is 0. The Bertz CT molecular complexity index is 509. The fraction of sp³-hybridized carbons (Fsp3) is 0.538. The lowest BCUT2D eigenvalue weighted by Gasteiger charge is -2.31. The second-order valence-electron chi connectivity index (χ2n) is 5.28. The highest BCUT2D eigenvalue weighted by Gasteiger charge is 2.35. The Labute approximate surface area is 110 Å². The van der Waals surface area contributed by atoms with Gasteiger partial charge < -0.3 is 10.2 Å². The largest absolute Gasteiger partial charge is 0.374 e. The van der Waals surface area contributed by atoms with Crippen LogP contribution < -0.4 is 5.32 Å². The molecule has 0 spiro atoms. The Morgan fingerprint density at radius 2 is 2.16 bits per heavy atom. The van der Waals surface area contributed by atoms with Crippen molar-refractivity contribution < 1.29 is 9.31 Å². The molecule has 2 saturated heterocycles. The van der Waals surface area contributed by atoms with Crippen molar-refractivity contribution in [2.75, 3.05) is 25.0 Å². The van der Waals surface area contributed by atoms with E-state index in [0.717, 1.165) is 32.5 Å². The van der Waals surface area contributed by atoms with Gasteiger partial charge in [0.1, 0.15) is 5.69 Å². The maximum Gasteiger partial charge on any atom is 0.295 e. The molecule has 3 rings (SSSR count). The number of nitro benzene ring substituents is 1. The lowest BCUT2D eigenvalue weighted by molar-refractivity contribution is -0.384. The molecule has 0 saturated carbocycles. The van der Waals surface area contributed by atoms with E-state index in [1.54, 1.807) is 0 Å². The number of hydrogen-bond acceptors (Lipinski definition) is 4. The number of nitrogens with one attached hydrogen (secondary N) is 1. The number of hydrogen-bond donors (Lipinski definition) is 1. The summed E-state index contributed by atoms with van der Waals surface area (Å²) in [6.45, 7) is 3.08. The third-order valence-corrected chi connectivity index (χ3v) is 4.15. The van der Waals surface area contributed by atoms with E-state index >= 15 is 0 Å². The van der Waals surface area contributed by atoms with E-state index in [0.29, 0.717) is 5.92 Å². The van der Waals surface area contributed by atoms with Crippen LogP contribution in [0.25, 0.3) is 0 Å². The predicted octanol–water partition coefficient (Wildman–Crippen LogP) is 2.24. The maximum absolute atomic E-state index is 13.8. The van der Waals surface area contributed by atoms with E-state index in [-0.39, 0.29) is 17.4 Å². The van der Waals surface area contributed by atoms with Crippen LogP contribution in [0.3, 0.4) is 0 Å². The monoisotopic (exact) mass is 265 g/mol. The molecule has 3 atom stereocenters. The first-order valence-electron chi connectivity index (χ1n) is 6.57. The highest BCUT2D eigenvalue weighted by Crippen LogP contribution is 2.33. The highest BCUT2D eigenvalue weighted by atomic mass is 19.1. The summed E-state index contributed by atoms with van der Waals surface area (Å²) in [5.41, 5.74) is -0.140. The number of fused-ring (bicyclic) bond motifs is 2. The molecule has 102 valence electrons. The van der Waals surface area contributed by atoms with Crippen molar-refractivity contribution in [1.82, 2.24) is 4.90 Å². The molecule has 0 amide bonds. The van der Waals surface area contributed by atoms with E-state index in [1.807, 2.05) is 0 Å². The Hall–Kier alpha value is -1.69. The second-order valence-corrected chi connectivity index (χ2v) is 5.28. The highest BCUT2D eigenvalue weighted by molar-refractivity contribution is 5.62. The number of rotatable bonds is 3. The smallest absolute Gasteiger partial charge is 0.295 e. The Morgan fingerprint density at radius 1 is 1.37 bits per heavy atom. The van der Waals surface area contributed by atoms with Gasteiger partial charge in [-0.05, 0) is 31.4 Å². The molecule has 3 unspecified atom stereocenters. The number of para-hydroxylation sites is 1. The van der Waals surface area contributed by atoms with Crippen molar-refractivity contribution >= 4 is 11.4 Å². The van der Waals surface area contributed by atoms with E-state index in [1.165, 1.54) is 18.2 Å². The third-order valence-electron chi connectivity index (χ3n) is 4.15. The van der Waals surface area contributed by atoms with Crippen LogP contribution in [0.15, 0.2) is 18.2 Å². The SMILES string of the molecule is O=[N+]([O-])c1cccc(F)c1NC1CCN2CCC1C2. The third kappa shape index (κ3) is 2.28. The maximum atomic E-state index is 13.8. The van der Waals surface area contributed by atoms with Gasteiger partial charge in [-0.1, -0.05) is 6.07 Å². The second kappa shape index (κ2) is 4.77. The molecule has 5 nitrogen and oxygen atoms in total. The van der Waals surface area contributed by atoms with Gasteiger partial charge in [-0.25, -0.2) is 4.39 Å². The number of benzene rings is 1. The fourth-order valence-electron chi connectivity index (χ4n) is 3.13. The van der Waals surface area contributed by atoms with Crippen molar-refractivity contribution in [2.45, 2.75) is 18.9 Å². The van der Waals surface area contributed by atoms with Gasteiger partial charge in [0.15, 0.2) is 5.82 Å². The van der Waals surface area contributed by atoms with Crippen LogP contribution in [0, 0.1) is 21.8 Å². The molecule has 2 aliphatic heterocycles. The van der Waals surface area contributed by atoms with Crippen molar-refractivity contribution in [3.8, 4) is 0 Å². The number of halogens is 1. The standard InChI is InChI=1S/C13H16FN3O2/c14-10-2-1-3-12(17(18)19)13(10)15-11-5-7-16-6-4-9(11)8-16/h1-3,9,11,15H,4-8H2. The summed E-state index contributed by atoms with van der Waals surface area (Å²) in [6, 6.07) is 4.11. The van der Waals surface area contributed by atoms with Crippen molar-refractivity contribution in [1.29, 1.82) is 0 Å². The molecule has 6 heteroatoms. The lowest BCUT2D eigenvalue weighted by atomic mass is 9.94. The fourth-order valence-corrected chi connectivity index (χ4v) is 3.13. The molecule has 2 bridgehead atoms. The first kappa shape index (κ1) is 12.3. The van der Waals surface area contributed by atoms with Crippen LogP contribution in [0.4, 0.5) is 15.8 Å². The topological polar surface area (TPSA) is 58.4 Å². The van der Waals surface area contributed by atoms with Gasteiger partial charge in [-0.15, -0.1) is 0 Å². The summed E-state index contributed by atoms with van der Waals surface area (Å²) in [6.07, 6.45) is 2.00. The summed E-state index contributed by atoms with van der Waals surface area (Å²) in [5.74, 6) is -0.0809. The van der Waals surface area contributed by atoms with Crippen LogP contribution in [0.1, 0.15) is 12.8 Å². The van der Waals surface area contributed by atoms with E-state index in [2.05, 4.69) is 10.2 Å². The number of nitrogens with zero attached hydrogens (tertiary/aromatic N) is 2. The van der Waals surface area contributed by atoms with Gasteiger partial charge in [-0.2, -0.15) is 0 Å². The minimum absolute atomic E-state index is 0.0397. The zero-order valence-electron chi connectivity index (χ0n) is 10.5. The van der Waals surface area contributed by atoms with E-state index in [9.17, 15) is 14.5 Å². The van der Waals surface area contributed by atoms with Crippen LogP contribution in [0.5, 0.6) is 0 Å². The van der Waals surface area contributed by atoms with Gasteiger partial charge in [0.05, 0.1) is 4.92 Å². The minimum Gasteiger partial charge on any atom is -0.374 e. The first-order chi connectivity index (χ1) is 9.15. The summed E-state index contributed by atoms with van der Waals surface area (Å²) in [4.78, 5) is 12.8. The van der Waals surface area contributed by atoms with Crippen molar-refractivity contribution in [2.24, 2.45) is 5.92 Å². The molecule has 19 heavy (non-hydrogen) atoms. The molecule has 1 aromatic rings. The summed E-state index contributed by atoms with van der Waals surface area (Å²) in [7, 11) is 0. The zero-order valence-corrected chi connectivity index (χ0v) is 10.5. The van der Waals surface area contributed by atoms with E-state index in [4.69, 9.17) is 0 Å². The summed E-state index contributed by atoms with van der Waals surface area (Å²) < 4.78 is 13.8. The summed E-state index contributed by atoms with van der Waals surface area (Å²) in [5, 5.41) is 14.0. The number of anilines is 1. The Kier molecular flexibility index (Phi) is 3.10. The van der Waals surface area contributed by atoms with Gasteiger partial charge in [0.25, 0.3) is 5.69 Å². The average molecular weight is 265 g/mol. The predicted molar refractivity (Wildman–Crippen MR) is 69.6 cm³/mol. The van der Waals surface area contributed by atoms with Crippen LogP contribution in [-0.4, -0.2) is 35.5 Å². The molecule has 2 fully saturated rings. The number of piperidine rings is 1. The molecule has 0 radical (unpaired) electrons. The van der Waals surface area contributed by atoms with Crippen LogP contribution in [-0.2, 0) is 0 Å². The van der Waals surface area contributed by atoms with Gasteiger partial charge in [-0.3, -0.25) is 10.1 Å². The van der Waals surface area contributed by atoms with Gasteiger partial charge in [0, 0.05) is 25.2 Å². The Balaban J connectivity index is 1.84. The van der Waals surface area contributed by atoms with Gasteiger partial charge in [0.2, 0.25) is 0 Å². The normalized spacial score (nSPS) is 29.2. The molecular weight excluding hydrogens is 249 g/mol. The van der Waals surface area contributed by atoms with Crippen LogP contribution >= 0.6 is 0 Å². The molecular formula is C13H16FN3O2. The van der Waals surface area contributed by atoms with Crippen molar-refractivity contribution in [3.05, 3.63) is 34.1 Å².